The Labute approximate surface area is 514 Å². The smallest absolute Gasteiger partial charge is 0.143 e. The van der Waals surface area contributed by atoms with Gasteiger partial charge in [-0.2, -0.15) is 0 Å². The predicted octanol–water partition coefficient (Wildman–Crippen LogP) is 24.2. The zero-order chi connectivity index (χ0) is 58.7. The molecular formula is C86H50N2O2. The van der Waals surface area contributed by atoms with Crippen molar-refractivity contribution < 1.29 is 8.83 Å². The molecule has 0 fully saturated rings. The van der Waals surface area contributed by atoms with E-state index in [0.29, 0.717) is 0 Å². The number of rotatable bonds is 4. The molecule has 0 bridgehead atoms. The maximum absolute atomic E-state index is 6.44. The number of fused-ring (bicyclic) bond motifs is 17. The molecule has 0 saturated carbocycles. The highest BCUT2D eigenvalue weighted by atomic mass is 16.3. The van der Waals surface area contributed by atoms with E-state index in [4.69, 9.17) is 8.83 Å². The number of para-hydroxylation sites is 6. The van der Waals surface area contributed by atoms with Crippen LogP contribution in [0.15, 0.2) is 312 Å². The first-order valence-corrected chi connectivity index (χ1v) is 31.0. The van der Waals surface area contributed by atoms with Gasteiger partial charge in [0.2, 0.25) is 0 Å². The lowest BCUT2D eigenvalue weighted by molar-refractivity contribution is 0.669. The first-order valence-electron chi connectivity index (χ1n) is 31.0. The number of furan rings is 2. The largest absolute Gasteiger partial charge is 0.455 e. The van der Waals surface area contributed by atoms with Crippen molar-refractivity contribution in [3.05, 3.63) is 303 Å². The molecule has 0 spiro atoms. The van der Waals surface area contributed by atoms with Crippen LogP contribution in [0.5, 0.6) is 0 Å². The fraction of sp³-hybridized carbons (Fsp3) is 0. The fourth-order valence-corrected chi connectivity index (χ4v) is 15.5. The number of hydrogen-bond acceptors (Lipinski definition) is 2. The third-order valence-corrected chi connectivity index (χ3v) is 19.4. The minimum Gasteiger partial charge on any atom is -0.455 e. The van der Waals surface area contributed by atoms with Gasteiger partial charge in [0.15, 0.2) is 0 Å². The summed E-state index contributed by atoms with van der Waals surface area (Å²) in [6, 6.07) is 110. The van der Waals surface area contributed by atoms with Crippen molar-refractivity contribution in [3.63, 3.8) is 0 Å². The molecule has 0 atom stereocenters. The molecule has 21 rings (SSSR count). The van der Waals surface area contributed by atoms with Gasteiger partial charge in [-0.15, -0.1) is 0 Å². The van der Waals surface area contributed by atoms with Crippen molar-refractivity contribution >= 4 is 163 Å². The molecule has 0 aliphatic rings. The van der Waals surface area contributed by atoms with E-state index in [-0.39, 0.29) is 0 Å². The Bertz CT molecular complexity index is 6600. The number of hydrogen-bond donors (Lipinski definition) is 0. The van der Waals surface area contributed by atoms with Crippen molar-refractivity contribution in [3.8, 4) is 33.6 Å². The lowest BCUT2D eigenvalue weighted by atomic mass is 9.89. The van der Waals surface area contributed by atoms with E-state index < -0.39 is 0 Å². The summed E-state index contributed by atoms with van der Waals surface area (Å²) in [5.74, 6) is 0. The van der Waals surface area contributed by atoms with Gasteiger partial charge in [0.25, 0.3) is 0 Å². The average Bonchev–Trinajstić information content (AvgIpc) is 1.65. The predicted molar refractivity (Wildman–Crippen MR) is 381 cm³/mol. The summed E-state index contributed by atoms with van der Waals surface area (Å²) in [7, 11) is 0. The maximum Gasteiger partial charge on any atom is 0.143 e. The normalized spacial score (nSPS) is 12.2. The van der Waals surface area contributed by atoms with Crippen molar-refractivity contribution in [2.75, 3.05) is 0 Å². The summed E-state index contributed by atoms with van der Waals surface area (Å²) in [6.07, 6.45) is 0. The second-order valence-corrected chi connectivity index (χ2v) is 24.2. The Morgan fingerprint density at radius 3 is 1.26 bits per heavy atom. The SMILES string of the molecule is c1ccc2c(c1)oc1c(-c3ccc4c(c3)c3ccccc3n4-c3cc4cccc5c6cccc7cccc(c(c3)c45)c76)cccc12.c1ccc2cc3c(-n4c5ccccc5c5cc(-c6cccc7c6oc6ccccc67)ccc54)c4ccccc4cc3cc2c1. The van der Waals surface area contributed by atoms with Crippen molar-refractivity contribution in [2.24, 2.45) is 0 Å². The molecular weight excluding hydrogens is 1090 g/mol. The standard InChI is InChI=1S/C44H25NO.C42H25NO/c1-3-19-39-31(12-1)37-24-27(30-14-8-18-36-32-13-2-4-20-41(32)46-44(30)36)21-22-40(37)45(39)29-23-28-11-7-16-34-33-15-5-9-26-10-6-17-35(42(26)33)38(25-29)43(28)34;1-2-11-27-24-36-30(22-26(27)10-1)23-28-12-3-4-13-31(28)41(36)43-38-18-7-5-14-33(38)37-25-29(20-21-39(37)43)32-16-9-17-35-34-15-6-8-19-40(34)44-42(32)35/h1-25H;1-25H. The van der Waals surface area contributed by atoms with E-state index in [2.05, 4.69) is 294 Å². The summed E-state index contributed by atoms with van der Waals surface area (Å²) in [5, 5.41) is 27.5. The van der Waals surface area contributed by atoms with Crippen LogP contribution in [0.4, 0.5) is 0 Å². The number of aromatic nitrogens is 2. The molecule has 0 saturated heterocycles. The van der Waals surface area contributed by atoms with E-state index in [0.717, 1.165) is 66.1 Å². The van der Waals surface area contributed by atoms with Crippen molar-refractivity contribution in [2.45, 2.75) is 0 Å². The Balaban J connectivity index is 0.000000126. The molecule has 4 nitrogen and oxygen atoms in total. The minimum atomic E-state index is 0.919. The Hall–Kier alpha value is -12.0. The zero-order valence-electron chi connectivity index (χ0n) is 48.6. The summed E-state index contributed by atoms with van der Waals surface area (Å²) < 4.78 is 17.8. The minimum absolute atomic E-state index is 0.919. The van der Waals surface area contributed by atoms with E-state index >= 15 is 0 Å². The van der Waals surface area contributed by atoms with E-state index in [9.17, 15) is 0 Å². The quantitative estimate of drug-likeness (QED) is 0.130. The second-order valence-electron chi connectivity index (χ2n) is 24.2. The molecule has 0 aliphatic carbocycles. The van der Waals surface area contributed by atoms with Crippen LogP contribution in [0.3, 0.4) is 0 Å². The third kappa shape index (κ3) is 7.07. The molecule has 0 radical (unpaired) electrons. The molecule has 0 aliphatic heterocycles. The lowest BCUT2D eigenvalue weighted by Gasteiger charge is -2.17. The molecule has 4 heteroatoms. The summed E-state index contributed by atoms with van der Waals surface area (Å²) in [5.41, 5.74) is 15.4. The Morgan fingerprint density at radius 1 is 0.211 bits per heavy atom. The van der Waals surface area contributed by atoms with Crippen LogP contribution in [0.1, 0.15) is 0 Å². The monoisotopic (exact) mass is 1140 g/mol. The van der Waals surface area contributed by atoms with Gasteiger partial charge in [0.05, 0.1) is 27.8 Å². The van der Waals surface area contributed by atoms with Crippen LogP contribution >= 0.6 is 0 Å². The molecule has 4 heterocycles. The van der Waals surface area contributed by atoms with Crippen LogP contribution in [-0.2, 0) is 0 Å². The van der Waals surface area contributed by atoms with Gasteiger partial charge in [-0.1, -0.05) is 224 Å². The summed E-state index contributed by atoms with van der Waals surface area (Å²) in [6.45, 7) is 0. The number of nitrogens with zero attached hydrogens (tertiary/aromatic N) is 2. The van der Waals surface area contributed by atoms with Gasteiger partial charge in [-0.3, -0.25) is 0 Å². The molecule has 17 aromatic carbocycles. The van der Waals surface area contributed by atoms with Crippen molar-refractivity contribution in [1.82, 2.24) is 9.13 Å². The molecule has 90 heavy (non-hydrogen) atoms. The van der Waals surface area contributed by atoms with Gasteiger partial charge < -0.3 is 18.0 Å². The highest BCUT2D eigenvalue weighted by Crippen LogP contribution is 2.46. The first kappa shape index (κ1) is 49.2. The van der Waals surface area contributed by atoms with Crippen molar-refractivity contribution in [1.29, 1.82) is 0 Å². The van der Waals surface area contributed by atoms with Gasteiger partial charge in [-0.25, -0.2) is 0 Å². The Kier molecular flexibility index (Phi) is 10.3. The van der Waals surface area contributed by atoms with Crippen LogP contribution in [0.2, 0.25) is 0 Å². The average molecular weight is 1140 g/mol. The third-order valence-electron chi connectivity index (χ3n) is 19.4. The fourth-order valence-electron chi connectivity index (χ4n) is 15.5. The molecule has 4 aromatic heterocycles. The number of benzene rings is 17. The molecule has 21 aromatic rings. The van der Waals surface area contributed by atoms with Gasteiger partial charge in [-0.05, 0) is 155 Å². The van der Waals surface area contributed by atoms with Gasteiger partial charge in [0.1, 0.15) is 22.3 Å². The maximum atomic E-state index is 6.44. The molecule has 0 amide bonds. The Morgan fingerprint density at radius 2 is 0.633 bits per heavy atom. The molecule has 416 valence electrons. The highest BCUT2D eigenvalue weighted by molar-refractivity contribution is 6.33. The second kappa shape index (κ2) is 18.8. The van der Waals surface area contributed by atoms with Gasteiger partial charge in [0, 0.05) is 70.7 Å². The van der Waals surface area contributed by atoms with E-state index in [1.54, 1.807) is 0 Å². The topological polar surface area (TPSA) is 36.1 Å². The van der Waals surface area contributed by atoms with E-state index in [1.807, 2.05) is 18.2 Å². The molecule has 0 unspecified atom stereocenters. The van der Waals surface area contributed by atoms with Gasteiger partial charge >= 0.3 is 0 Å². The summed E-state index contributed by atoms with van der Waals surface area (Å²) in [4.78, 5) is 0. The van der Waals surface area contributed by atoms with Crippen LogP contribution in [-0.4, -0.2) is 9.13 Å². The first-order chi connectivity index (χ1) is 44.6. The van der Waals surface area contributed by atoms with Crippen LogP contribution < -0.4 is 0 Å². The van der Waals surface area contributed by atoms with E-state index in [1.165, 1.54) is 130 Å². The van der Waals surface area contributed by atoms with Crippen LogP contribution in [0, 0.1) is 0 Å². The zero-order valence-corrected chi connectivity index (χ0v) is 48.6. The lowest BCUT2D eigenvalue weighted by Crippen LogP contribution is -1.97. The highest BCUT2D eigenvalue weighted by Gasteiger charge is 2.22. The molecule has 0 N–H and O–H groups in total. The summed E-state index contributed by atoms with van der Waals surface area (Å²) >= 11 is 0. The van der Waals surface area contributed by atoms with Crippen LogP contribution in [0.25, 0.3) is 197 Å².